The van der Waals surface area contributed by atoms with Crippen LogP contribution in [0.25, 0.3) is 0 Å². The average Bonchev–Trinajstić information content (AvgIpc) is 2.49. The Balaban J connectivity index is 2.10. The minimum absolute atomic E-state index is 0.000868. The van der Waals surface area contributed by atoms with Crippen LogP contribution in [0.2, 0.25) is 0 Å². The molecule has 0 saturated heterocycles. The second kappa shape index (κ2) is 5.38. The highest BCUT2D eigenvalue weighted by atomic mass is 16.5. The van der Waals surface area contributed by atoms with Gasteiger partial charge < -0.3 is 4.74 Å². The molecule has 3 aliphatic rings. The van der Waals surface area contributed by atoms with Gasteiger partial charge in [-0.1, -0.05) is 38.2 Å². The van der Waals surface area contributed by atoms with Crippen LogP contribution in [0.4, 0.5) is 0 Å². The number of rotatable bonds is 2. The molecule has 3 unspecified atom stereocenters. The molecular formula is C19H22O3. The highest BCUT2D eigenvalue weighted by Gasteiger charge is 2.49. The summed E-state index contributed by atoms with van der Waals surface area (Å²) in [5.74, 6) is -0.195. The van der Waals surface area contributed by atoms with Crippen molar-refractivity contribution in [2.75, 3.05) is 7.11 Å². The molecule has 3 atom stereocenters. The van der Waals surface area contributed by atoms with Gasteiger partial charge in [0, 0.05) is 23.3 Å². The van der Waals surface area contributed by atoms with Crippen molar-refractivity contribution in [3.63, 3.8) is 0 Å². The first-order valence-corrected chi connectivity index (χ1v) is 7.89. The molecule has 0 bridgehead atoms. The lowest BCUT2D eigenvalue weighted by Gasteiger charge is -2.40. The van der Waals surface area contributed by atoms with Gasteiger partial charge in [-0.15, -0.1) is 0 Å². The lowest BCUT2D eigenvalue weighted by Crippen LogP contribution is -2.45. The zero-order valence-corrected chi connectivity index (χ0v) is 13.6. The van der Waals surface area contributed by atoms with E-state index < -0.39 is 0 Å². The third-order valence-corrected chi connectivity index (χ3v) is 5.05. The van der Waals surface area contributed by atoms with Crippen LogP contribution in [0.1, 0.15) is 27.2 Å². The van der Waals surface area contributed by atoms with Gasteiger partial charge >= 0.3 is 0 Å². The van der Waals surface area contributed by atoms with Crippen molar-refractivity contribution < 1.29 is 14.3 Å². The SMILES string of the molecule is COC1=C(C(C)C)C(=O)C2CC=C3C(C)=CC=CC3C2C1=O. The Kier molecular flexibility index (Phi) is 3.67. The van der Waals surface area contributed by atoms with E-state index in [4.69, 9.17) is 4.74 Å². The number of ketones is 2. The molecular weight excluding hydrogens is 276 g/mol. The number of hydrogen-bond acceptors (Lipinski definition) is 3. The maximum atomic E-state index is 13.0. The zero-order valence-electron chi connectivity index (χ0n) is 13.6. The largest absolute Gasteiger partial charge is 0.493 e. The van der Waals surface area contributed by atoms with Gasteiger partial charge in [0.25, 0.3) is 0 Å². The second-order valence-corrected chi connectivity index (χ2v) is 6.62. The Morgan fingerprint density at radius 1 is 1.23 bits per heavy atom. The second-order valence-electron chi connectivity index (χ2n) is 6.62. The molecule has 0 aromatic heterocycles. The van der Waals surface area contributed by atoms with Crippen molar-refractivity contribution in [2.45, 2.75) is 27.2 Å². The van der Waals surface area contributed by atoms with E-state index in [-0.39, 0.29) is 41.0 Å². The lowest BCUT2D eigenvalue weighted by molar-refractivity contribution is -0.134. The van der Waals surface area contributed by atoms with Gasteiger partial charge in [0.15, 0.2) is 11.5 Å². The van der Waals surface area contributed by atoms with E-state index in [1.54, 1.807) is 0 Å². The van der Waals surface area contributed by atoms with Crippen LogP contribution in [0.5, 0.6) is 0 Å². The summed E-state index contributed by atoms with van der Waals surface area (Å²) in [4.78, 5) is 25.9. The number of hydrogen-bond donors (Lipinski definition) is 0. The predicted octanol–water partition coefficient (Wildman–Crippen LogP) is 3.39. The summed E-state index contributed by atoms with van der Waals surface area (Å²) < 4.78 is 5.35. The summed E-state index contributed by atoms with van der Waals surface area (Å²) in [6, 6.07) is 0. The van der Waals surface area contributed by atoms with Crippen molar-refractivity contribution in [3.8, 4) is 0 Å². The monoisotopic (exact) mass is 298 g/mol. The maximum absolute atomic E-state index is 13.0. The Morgan fingerprint density at radius 2 is 1.95 bits per heavy atom. The maximum Gasteiger partial charge on any atom is 0.202 e. The van der Waals surface area contributed by atoms with E-state index in [1.807, 2.05) is 19.9 Å². The van der Waals surface area contributed by atoms with Crippen LogP contribution in [0.3, 0.4) is 0 Å². The molecule has 0 aromatic carbocycles. The molecule has 0 N–H and O–H groups in total. The molecule has 0 aromatic rings. The number of carbonyl (C=O) groups excluding carboxylic acids is 2. The molecule has 0 radical (unpaired) electrons. The molecule has 3 nitrogen and oxygen atoms in total. The summed E-state index contributed by atoms with van der Waals surface area (Å²) in [5.41, 5.74) is 2.94. The molecule has 3 heteroatoms. The fourth-order valence-corrected chi connectivity index (χ4v) is 4.01. The summed E-state index contributed by atoms with van der Waals surface area (Å²) in [5, 5.41) is 0. The van der Waals surface area contributed by atoms with Crippen LogP contribution in [0, 0.1) is 23.7 Å². The van der Waals surface area contributed by atoms with Crippen molar-refractivity contribution in [1.82, 2.24) is 0 Å². The van der Waals surface area contributed by atoms with Gasteiger partial charge in [-0.25, -0.2) is 0 Å². The first-order chi connectivity index (χ1) is 10.5. The molecule has 0 spiro atoms. The summed E-state index contributed by atoms with van der Waals surface area (Å²) in [6.07, 6.45) is 8.89. The van der Waals surface area contributed by atoms with Crippen molar-refractivity contribution >= 4 is 11.6 Å². The van der Waals surface area contributed by atoms with Gasteiger partial charge in [0.1, 0.15) is 0 Å². The highest BCUT2D eigenvalue weighted by Crippen LogP contribution is 2.46. The van der Waals surface area contributed by atoms with Crippen LogP contribution in [0.15, 0.2) is 46.8 Å². The highest BCUT2D eigenvalue weighted by molar-refractivity contribution is 6.13. The minimum atomic E-state index is -0.315. The fraction of sp³-hybridized carbons (Fsp3) is 0.474. The molecule has 22 heavy (non-hydrogen) atoms. The molecule has 116 valence electrons. The lowest BCUT2D eigenvalue weighted by atomic mass is 9.61. The third kappa shape index (κ3) is 2.03. The number of carbonyl (C=O) groups is 2. The van der Waals surface area contributed by atoms with Gasteiger partial charge in [0.05, 0.1) is 7.11 Å². The quantitative estimate of drug-likeness (QED) is 0.785. The van der Waals surface area contributed by atoms with E-state index in [0.717, 1.165) is 0 Å². The first kappa shape index (κ1) is 15.0. The van der Waals surface area contributed by atoms with Gasteiger partial charge in [-0.2, -0.15) is 0 Å². The number of allylic oxidation sites excluding steroid dienone is 8. The van der Waals surface area contributed by atoms with Gasteiger partial charge in [-0.05, 0) is 30.4 Å². The molecule has 0 aliphatic heterocycles. The van der Waals surface area contributed by atoms with Crippen LogP contribution < -0.4 is 0 Å². The molecule has 3 rings (SSSR count). The van der Waals surface area contributed by atoms with Crippen molar-refractivity contribution in [1.29, 1.82) is 0 Å². The van der Waals surface area contributed by atoms with Crippen LogP contribution in [-0.4, -0.2) is 18.7 Å². The van der Waals surface area contributed by atoms with Crippen LogP contribution >= 0.6 is 0 Å². The zero-order chi connectivity index (χ0) is 16.0. The van der Waals surface area contributed by atoms with Crippen molar-refractivity contribution in [2.24, 2.45) is 23.7 Å². The van der Waals surface area contributed by atoms with E-state index in [2.05, 4.69) is 25.2 Å². The first-order valence-electron chi connectivity index (χ1n) is 7.89. The minimum Gasteiger partial charge on any atom is -0.493 e. The summed E-state index contributed by atoms with van der Waals surface area (Å²) in [6.45, 7) is 5.94. The molecule has 0 fully saturated rings. The number of ether oxygens (including phenoxy) is 1. The Morgan fingerprint density at radius 3 is 2.59 bits per heavy atom. The smallest absolute Gasteiger partial charge is 0.202 e. The van der Waals surface area contributed by atoms with E-state index in [0.29, 0.717) is 12.0 Å². The Bertz CT molecular complexity index is 658. The standard InChI is InChI=1S/C19H22O3/c1-10(2)15-17(20)14-9-8-12-11(3)6-5-7-13(12)16(14)18(21)19(15)22-4/h5-8,10,13-14,16H,9H2,1-4H3. The van der Waals surface area contributed by atoms with Gasteiger partial charge in [-0.3, -0.25) is 9.59 Å². The molecule has 0 saturated carbocycles. The molecule has 3 aliphatic carbocycles. The topological polar surface area (TPSA) is 43.4 Å². The van der Waals surface area contributed by atoms with E-state index >= 15 is 0 Å². The predicted molar refractivity (Wildman–Crippen MR) is 85.0 cm³/mol. The normalized spacial score (nSPS) is 30.9. The fourth-order valence-electron chi connectivity index (χ4n) is 4.01. The van der Waals surface area contributed by atoms with E-state index in [9.17, 15) is 9.59 Å². The number of fused-ring (bicyclic) bond motifs is 3. The number of methoxy groups -OCH3 is 1. The van der Waals surface area contributed by atoms with Gasteiger partial charge in [0.2, 0.25) is 5.78 Å². The Labute approximate surface area is 131 Å². The van der Waals surface area contributed by atoms with Crippen molar-refractivity contribution in [3.05, 3.63) is 46.8 Å². The number of Topliss-reactive ketones (excluding diaryl/α,β-unsaturated/α-hetero) is 2. The summed E-state index contributed by atoms with van der Waals surface area (Å²) in [7, 11) is 1.49. The summed E-state index contributed by atoms with van der Waals surface area (Å²) >= 11 is 0. The van der Waals surface area contributed by atoms with E-state index in [1.165, 1.54) is 18.3 Å². The molecule has 0 amide bonds. The molecule has 0 heterocycles. The van der Waals surface area contributed by atoms with Crippen LogP contribution in [-0.2, 0) is 14.3 Å². The Hall–Kier alpha value is -1.90. The average molecular weight is 298 g/mol. The third-order valence-electron chi connectivity index (χ3n) is 5.05.